The van der Waals surface area contributed by atoms with Crippen molar-refractivity contribution in [2.75, 3.05) is 5.32 Å². The van der Waals surface area contributed by atoms with Crippen molar-refractivity contribution in [1.29, 1.82) is 0 Å². The third kappa shape index (κ3) is 4.23. The number of hydrogen-bond donors (Lipinski definition) is 1. The molecular formula is C18H15FN2O2S. The lowest BCUT2D eigenvalue weighted by Crippen LogP contribution is -2.05. The Morgan fingerprint density at radius 1 is 1.17 bits per heavy atom. The lowest BCUT2D eigenvalue weighted by molar-refractivity contribution is -0.114. The number of carbonyl (C=O) groups is 1. The van der Waals surface area contributed by atoms with E-state index in [1.807, 2.05) is 24.3 Å². The molecule has 1 aromatic heterocycles. The minimum Gasteiger partial charge on any atom is -0.444 e. The van der Waals surface area contributed by atoms with Crippen molar-refractivity contribution in [3.63, 3.8) is 0 Å². The second kappa shape index (κ2) is 7.31. The summed E-state index contributed by atoms with van der Waals surface area (Å²) in [6, 6.07) is 13.6. The largest absolute Gasteiger partial charge is 0.444 e. The average Bonchev–Trinajstić information content (AvgIpc) is 3.03. The van der Waals surface area contributed by atoms with Crippen LogP contribution >= 0.6 is 11.8 Å². The lowest BCUT2D eigenvalue weighted by atomic mass is 10.2. The molecule has 1 amide bonds. The Morgan fingerprint density at radius 2 is 1.88 bits per heavy atom. The molecule has 1 N–H and O–H groups in total. The number of benzene rings is 2. The minimum absolute atomic E-state index is 0.0914. The predicted octanol–water partition coefficient (Wildman–Crippen LogP) is 4.73. The average molecular weight is 342 g/mol. The maximum atomic E-state index is 12.9. The van der Waals surface area contributed by atoms with Crippen molar-refractivity contribution in [1.82, 2.24) is 4.98 Å². The van der Waals surface area contributed by atoms with E-state index in [1.165, 1.54) is 19.1 Å². The molecule has 0 fully saturated rings. The van der Waals surface area contributed by atoms with E-state index >= 15 is 0 Å². The van der Waals surface area contributed by atoms with Gasteiger partial charge >= 0.3 is 0 Å². The van der Waals surface area contributed by atoms with Gasteiger partial charge in [-0.05, 0) is 48.5 Å². The van der Waals surface area contributed by atoms with Crippen molar-refractivity contribution < 1.29 is 13.6 Å². The summed E-state index contributed by atoms with van der Waals surface area (Å²) in [6.45, 7) is 1.48. The van der Waals surface area contributed by atoms with Gasteiger partial charge in [0.2, 0.25) is 11.8 Å². The summed E-state index contributed by atoms with van der Waals surface area (Å²) in [7, 11) is 0. The first-order valence-corrected chi connectivity index (χ1v) is 8.29. The van der Waals surface area contributed by atoms with Gasteiger partial charge in [-0.3, -0.25) is 4.79 Å². The van der Waals surface area contributed by atoms with E-state index in [0.29, 0.717) is 11.6 Å². The van der Waals surface area contributed by atoms with Crippen LogP contribution in [0.25, 0.3) is 11.5 Å². The topological polar surface area (TPSA) is 55.1 Å². The fourth-order valence-corrected chi connectivity index (χ4v) is 2.87. The Morgan fingerprint density at radius 3 is 2.54 bits per heavy atom. The Bertz CT molecular complexity index is 829. The molecule has 0 aliphatic rings. The summed E-state index contributed by atoms with van der Waals surface area (Å²) >= 11 is 1.62. The number of rotatable bonds is 5. The third-order valence-corrected chi connectivity index (χ3v) is 4.25. The molecule has 0 aliphatic heterocycles. The summed E-state index contributed by atoms with van der Waals surface area (Å²) in [5.74, 6) is 0.756. The maximum absolute atomic E-state index is 12.9. The number of amides is 1. The SMILES string of the molecule is CC(=O)Nc1ccc(SCc2coc(-c3ccc(F)cc3)n2)cc1. The first kappa shape index (κ1) is 16.3. The molecule has 6 heteroatoms. The van der Waals surface area contributed by atoms with Crippen LogP contribution in [0.15, 0.2) is 64.1 Å². The second-order valence-electron chi connectivity index (χ2n) is 5.15. The van der Waals surface area contributed by atoms with E-state index in [0.717, 1.165) is 21.8 Å². The van der Waals surface area contributed by atoms with Gasteiger partial charge in [-0.2, -0.15) is 0 Å². The molecule has 3 rings (SSSR count). The van der Waals surface area contributed by atoms with Crippen molar-refractivity contribution >= 4 is 23.4 Å². The van der Waals surface area contributed by atoms with E-state index in [4.69, 9.17) is 4.42 Å². The Kier molecular flexibility index (Phi) is 4.96. The van der Waals surface area contributed by atoms with Gasteiger partial charge in [0.1, 0.15) is 12.1 Å². The number of hydrogen-bond acceptors (Lipinski definition) is 4. The molecule has 4 nitrogen and oxygen atoms in total. The van der Waals surface area contributed by atoms with Gasteiger partial charge in [0, 0.05) is 28.8 Å². The van der Waals surface area contributed by atoms with Crippen LogP contribution in [0.3, 0.4) is 0 Å². The number of anilines is 1. The summed E-state index contributed by atoms with van der Waals surface area (Å²) in [6.07, 6.45) is 1.61. The Hall–Kier alpha value is -2.60. The molecule has 122 valence electrons. The molecule has 0 atom stereocenters. The minimum atomic E-state index is -0.288. The second-order valence-corrected chi connectivity index (χ2v) is 6.19. The molecule has 0 saturated carbocycles. The van der Waals surface area contributed by atoms with Crippen molar-refractivity contribution in [3.8, 4) is 11.5 Å². The van der Waals surface area contributed by atoms with Crippen molar-refractivity contribution in [3.05, 3.63) is 66.3 Å². The number of carbonyl (C=O) groups excluding carboxylic acids is 1. The number of thioether (sulfide) groups is 1. The van der Waals surface area contributed by atoms with Crippen molar-refractivity contribution in [2.24, 2.45) is 0 Å². The lowest BCUT2D eigenvalue weighted by Gasteiger charge is -2.03. The normalized spacial score (nSPS) is 10.6. The number of nitrogens with zero attached hydrogens (tertiary/aromatic N) is 1. The molecule has 24 heavy (non-hydrogen) atoms. The van der Waals surface area contributed by atoms with Gasteiger partial charge in [0.15, 0.2) is 0 Å². The molecule has 0 spiro atoms. The maximum Gasteiger partial charge on any atom is 0.226 e. The van der Waals surface area contributed by atoms with Crippen LogP contribution < -0.4 is 5.32 Å². The van der Waals surface area contributed by atoms with E-state index in [1.54, 1.807) is 30.2 Å². The molecular weight excluding hydrogens is 327 g/mol. The highest BCUT2D eigenvalue weighted by Crippen LogP contribution is 2.26. The number of nitrogens with one attached hydrogen (secondary N) is 1. The van der Waals surface area contributed by atoms with Gasteiger partial charge in [-0.1, -0.05) is 0 Å². The standard InChI is InChI=1S/C18H15FN2O2S/c1-12(22)20-15-6-8-17(9-7-15)24-11-16-10-23-18(21-16)13-2-4-14(19)5-3-13/h2-10H,11H2,1H3,(H,20,22). The van der Waals surface area contributed by atoms with Gasteiger partial charge in [-0.25, -0.2) is 9.37 Å². The first-order chi connectivity index (χ1) is 11.6. The smallest absolute Gasteiger partial charge is 0.226 e. The van der Waals surface area contributed by atoms with Crippen LogP contribution in [0.5, 0.6) is 0 Å². The molecule has 0 aliphatic carbocycles. The van der Waals surface area contributed by atoms with E-state index in [9.17, 15) is 9.18 Å². The molecule has 0 unspecified atom stereocenters. The highest BCUT2D eigenvalue weighted by atomic mass is 32.2. The van der Waals surface area contributed by atoms with Crippen LogP contribution in [0.2, 0.25) is 0 Å². The Balaban J connectivity index is 1.61. The van der Waals surface area contributed by atoms with Crippen LogP contribution in [0.4, 0.5) is 10.1 Å². The van der Waals surface area contributed by atoms with E-state index in [2.05, 4.69) is 10.3 Å². The fraction of sp³-hybridized carbons (Fsp3) is 0.111. The van der Waals surface area contributed by atoms with Crippen molar-refractivity contribution in [2.45, 2.75) is 17.6 Å². The first-order valence-electron chi connectivity index (χ1n) is 7.31. The molecule has 2 aromatic carbocycles. The van der Waals surface area contributed by atoms with E-state index in [-0.39, 0.29) is 11.7 Å². The van der Waals surface area contributed by atoms with Gasteiger partial charge in [-0.15, -0.1) is 11.8 Å². The number of halogens is 1. The number of oxazole rings is 1. The monoisotopic (exact) mass is 342 g/mol. The highest BCUT2D eigenvalue weighted by Gasteiger charge is 2.07. The Labute approximate surface area is 143 Å². The summed E-state index contributed by atoms with van der Waals surface area (Å²) in [4.78, 5) is 16.5. The zero-order chi connectivity index (χ0) is 16.9. The molecule has 0 saturated heterocycles. The van der Waals surface area contributed by atoms with Gasteiger partial charge < -0.3 is 9.73 Å². The van der Waals surface area contributed by atoms with Crippen LogP contribution in [0, 0.1) is 5.82 Å². The summed E-state index contributed by atoms with van der Waals surface area (Å²) < 4.78 is 18.4. The predicted molar refractivity (Wildman–Crippen MR) is 92.2 cm³/mol. The quantitative estimate of drug-likeness (QED) is 0.681. The third-order valence-electron chi connectivity index (χ3n) is 3.20. The zero-order valence-electron chi connectivity index (χ0n) is 13.0. The highest BCUT2D eigenvalue weighted by molar-refractivity contribution is 7.98. The fourth-order valence-electron chi connectivity index (χ4n) is 2.09. The van der Waals surface area contributed by atoms with E-state index < -0.39 is 0 Å². The van der Waals surface area contributed by atoms with Gasteiger partial charge in [0.05, 0.1) is 5.69 Å². The summed E-state index contributed by atoms with van der Waals surface area (Å²) in [5, 5.41) is 2.73. The molecule has 3 aromatic rings. The summed E-state index contributed by atoms with van der Waals surface area (Å²) in [5.41, 5.74) is 2.32. The molecule has 0 radical (unpaired) electrons. The van der Waals surface area contributed by atoms with Crippen LogP contribution in [-0.4, -0.2) is 10.9 Å². The number of aromatic nitrogens is 1. The van der Waals surface area contributed by atoms with Crippen LogP contribution in [-0.2, 0) is 10.5 Å². The molecule has 0 bridgehead atoms. The zero-order valence-corrected chi connectivity index (χ0v) is 13.8. The molecule has 1 heterocycles. The van der Waals surface area contributed by atoms with Gasteiger partial charge in [0.25, 0.3) is 0 Å². The van der Waals surface area contributed by atoms with Crippen LogP contribution in [0.1, 0.15) is 12.6 Å².